The second-order valence-electron chi connectivity index (χ2n) is 5.82. The van der Waals surface area contributed by atoms with Crippen LogP contribution in [0.25, 0.3) is 0 Å². The Labute approximate surface area is 100 Å². The van der Waals surface area contributed by atoms with Crippen molar-refractivity contribution in [3.05, 3.63) is 0 Å². The number of likely N-dealkylation sites (tertiary alicyclic amines) is 1. The van der Waals surface area contributed by atoms with Crippen molar-refractivity contribution in [3.8, 4) is 0 Å². The molecule has 3 nitrogen and oxygen atoms in total. The van der Waals surface area contributed by atoms with Crippen molar-refractivity contribution in [1.29, 1.82) is 0 Å². The lowest BCUT2D eigenvalue weighted by molar-refractivity contribution is 0.255. The van der Waals surface area contributed by atoms with Gasteiger partial charge in [-0.1, -0.05) is 0 Å². The standard InChI is InChI=1S/C13H27N3/c1-11-9-12(10-16(11)13-5-6-13)14-7-4-8-15(2)3/h11-14H,4-10H2,1-3H3. The summed E-state index contributed by atoms with van der Waals surface area (Å²) in [6, 6.07) is 2.49. The Balaban J connectivity index is 1.60. The quantitative estimate of drug-likeness (QED) is 0.684. The summed E-state index contributed by atoms with van der Waals surface area (Å²) in [5, 5.41) is 3.71. The van der Waals surface area contributed by atoms with Gasteiger partial charge in [-0.25, -0.2) is 0 Å². The molecule has 2 atom stereocenters. The van der Waals surface area contributed by atoms with E-state index in [2.05, 4.69) is 36.1 Å². The van der Waals surface area contributed by atoms with Crippen LogP contribution in [-0.4, -0.2) is 61.7 Å². The Hall–Kier alpha value is -0.120. The molecular formula is C13H27N3. The van der Waals surface area contributed by atoms with E-state index in [4.69, 9.17) is 0 Å². The van der Waals surface area contributed by atoms with Gasteiger partial charge in [0.15, 0.2) is 0 Å². The van der Waals surface area contributed by atoms with E-state index in [0.29, 0.717) is 0 Å². The number of hydrogen-bond acceptors (Lipinski definition) is 3. The maximum atomic E-state index is 3.71. The third-order valence-corrected chi connectivity index (χ3v) is 3.85. The molecule has 1 saturated carbocycles. The van der Waals surface area contributed by atoms with Crippen LogP contribution >= 0.6 is 0 Å². The molecule has 1 aliphatic heterocycles. The summed E-state index contributed by atoms with van der Waals surface area (Å²) in [5.74, 6) is 0. The van der Waals surface area contributed by atoms with Crippen molar-refractivity contribution in [3.63, 3.8) is 0 Å². The zero-order valence-electron chi connectivity index (χ0n) is 11.1. The molecule has 2 rings (SSSR count). The summed E-state index contributed by atoms with van der Waals surface area (Å²) in [4.78, 5) is 4.97. The van der Waals surface area contributed by atoms with E-state index in [1.54, 1.807) is 0 Å². The Morgan fingerprint density at radius 2 is 2.06 bits per heavy atom. The third-order valence-electron chi connectivity index (χ3n) is 3.85. The fourth-order valence-electron chi connectivity index (χ4n) is 2.82. The first-order chi connectivity index (χ1) is 7.66. The fourth-order valence-corrected chi connectivity index (χ4v) is 2.82. The second kappa shape index (κ2) is 5.48. The maximum Gasteiger partial charge on any atom is 0.0210 e. The van der Waals surface area contributed by atoms with E-state index in [-0.39, 0.29) is 0 Å². The highest BCUT2D eigenvalue weighted by atomic mass is 15.3. The van der Waals surface area contributed by atoms with Gasteiger partial charge in [-0.15, -0.1) is 0 Å². The van der Waals surface area contributed by atoms with Crippen LogP contribution in [0.1, 0.15) is 32.6 Å². The molecule has 0 radical (unpaired) electrons. The highest BCUT2D eigenvalue weighted by molar-refractivity contribution is 4.95. The second-order valence-corrected chi connectivity index (χ2v) is 5.82. The van der Waals surface area contributed by atoms with Gasteiger partial charge in [0, 0.05) is 24.7 Å². The highest BCUT2D eigenvalue weighted by Gasteiger charge is 2.38. The first kappa shape index (κ1) is 12.3. The molecule has 16 heavy (non-hydrogen) atoms. The van der Waals surface area contributed by atoms with Gasteiger partial charge in [0.2, 0.25) is 0 Å². The van der Waals surface area contributed by atoms with E-state index >= 15 is 0 Å². The molecule has 94 valence electrons. The van der Waals surface area contributed by atoms with Crippen LogP contribution in [0.2, 0.25) is 0 Å². The Morgan fingerprint density at radius 1 is 1.31 bits per heavy atom. The lowest BCUT2D eigenvalue weighted by Crippen LogP contribution is -2.35. The monoisotopic (exact) mass is 225 g/mol. The van der Waals surface area contributed by atoms with Gasteiger partial charge >= 0.3 is 0 Å². The molecule has 0 aromatic carbocycles. The molecule has 1 N–H and O–H groups in total. The van der Waals surface area contributed by atoms with Crippen LogP contribution in [0, 0.1) is 0 Å². The minimum absolute atomic E-state index is 0.748. The summed E-state index contributed by atoms with van der Waals surface area (Å²) in [7, 11) is 4.29. The fraction of sp³-hybridized carbons (Fsp3) is 1.00. The van der Waals surface area contributed by atoms with Gasteiger partial charge in [-0.2, -0.15) is 0 Å². The van der Waals surface area contributed by atoms with E-state index in [0.717, 1.165) is 18.1 Å². The van der Waals surface area contributed by atoms with E-state index in [1.165, 1.54) is 45.3 Å². The Morgan fingerprint density at radius 3 is 2.69 bits per heavy atom. The molecule has 1 saturated heterocycles. The SMILES string of the molecule is CC1CC(NCCCN(C)C)CN1C1CC1. The van der Waals surface area contributed by atoms with Crippen molar-refractivity contribution in [2.75, 3.05) is 33.7 Å². The first-order valence-corrected chi connectivity index (χ1v) is 6.80. The highest BCUT2D eigenvalue weighted by Crippen LogP contribution is 2.33. The van der Waals surface area contributed by atoms with Crippen molar-refractivity contribution >= 4 is 0 Å². The summed E-state index contributed by atoms with van der Waals surface area (Å²) in [6.45, 7) is 6.04. The van der Waals surface area contributed by atoms with Crippen LogP contribution in [0.5, 0.6) is 0 Å². The Bertz CT molecular complexity index is 213. The molecule has 0 amide bonds. The van der Waals surface area contributed by atoms with E-state index in [9.17, 15) is 0 Å². The molecule has 1 aliphatic carbocycles. The predicted octanol–water partition coefficient (Wildman–Crippen LogP) is 1.15. The summed E-state index contributed by atoms with van der Waals surface area (Å²) in [5.41, 5.74) is 0. The summed E-state index contributed by atoms with van der Waals surface area (Å²) >= 11 is 0. The lowest BCUT2D eigenvalue weighted by Gasteiger charge is -2.19. The van der Waals surface area contributed by atoms with Crippen molar-refractivity contribution in [2.45, 2.75) is 50.7 Å². The van der Waals surface area contributed by atoms with Gasteiger partial charge in [-0.05, 0) is 59.8 Å². The normalized spacial score (nSPS) is 31.5. The number of hydrogen-bond donors (Lipinski definition) is 1. The minimum atomic E-state index is 0.748. The summed E-state index contributed by atoms with van der Waals surface area (Å²) < 4.78 is 0. The maximum absolute atomic E-state index is 3.71. The third kappa shape index (κ3) is 3.44. The molecule has 1 heterocycles. The smallest absolute Gasteiger partial charge is 0.0210 e. The molecule has 2 unspecified atom stereocenters. The summed E-state index contributed by atoms with van der Waals surface area (Å²) in [6.07, 6.45) is 5.50. The van der Waals surface area contributed by atoms with Crippen molar-refractivity contribution in [1.82, 2.24) is 15.1 Å². The average molecular weight is 225 g/mol. The largest absolute Gasteiger partial charge is 0.313 e. The van der Waals surface area contributed by atoms with Gasteiger partial charge in [0.1, 0.15) is 0 Å². The van der Waals surface area contributed by atoms with Crippen LogP contribution in [0.3, 0.4) is 0 Å². The molecular weight excluding hydrogens is 198 g/mol. The van der Waals surface area contributed by atoms with E-state index in [1.807, 2.05) is 0 Å². The van der Waals surface area contributed by atoms with Crippen molar-refractivity contribution in [2.24, 2.45) is 0 Å². The molecule has 2 aliphatic rings. The van der Waals surface area contributed by atoms with Crippen LogP contribution in [0.15, 0.2) is 0 Å². The molecule has 0 aromatic heterocycles. The van der Waals surface area contributed by atoms with Gasteiger partial charge in [0.05, 0.1) is 0 Å². The van der Waals surface area contributed by atoms with Crippen LogP contribution in [-0.2, 0) is 0 Å². The Kier molecular flexibility index (Phi) is 4.22. The van der Waals surface area contributed by atoms with Crippen molar-refractivity contribution < 1.29 is 0 Å². The van der Waals surface area contributed by atoms with Gasteiger partial charge in [0.25, 0.3) is 0 Å². The van der Waals surface area contributed by atoms with Crippen LogP contribution in [0.4, 0.5) is 0 Å². The van der Waals surface area contributed by atoms with Gasteiger partial charge in [-0.3, -0.25) is 4.90 Å². The molecule has 2 fully saturated rings. The van der Waals surface area contributed by atoms with Gasteiger partial charge < -0.3 is 10.2 Å². The van der Waals surface area contributed by atoms with Crippen LogP contribution < -0.4 is 5.32 Å². The minimum Gasteiger partial charge on any atom is -0.313 e. The first-order valence-electron chi connectivity index (χ1n) is 6.80. The molecule has 0 spiro atoms. The molecule has 3 heteroatoms. The topological polar surface area (TPSA) is 18.5 Å². The zero-order valence-corrected chi connectivity index (χ0v) is 11.1. The number of nitrogens with one attached hydrogen (secondary N) is 1. The lowest BCUT2D eigenvalue weighted by atomic mass is 10.2. The molecule has 0 bridgehead atoms. The number of rotatable bonds is 6. The molecule has 0 aromatic rings. The average Bonchev–Trinajstić information content (AvgIpc) is 2.98. The predicted molar refractivity (Wildman–Crippen MR) is 68.8 cm³/mol. The zero-order chi connectivity index (χ0) is 11.5. The van der Waals surface area contributed by atoms with E-state index < -0.39 is 0 Å². The number of nitrogens with zero attached hydrogens (tertiary/aromatic N) is 2.